The summed E-state index contributed by atoms with van der Waals surface area (Å²) in [6.07, 6.45) is 7.12. The zero-order valence-corrected chi connectivity index (χ0v) is 7.90. The van der Waals surface area contributed by atoms with Gasteiger partial charge in [-0.05, 0) is 25.3 Å². The third-order valence-corrected chi connectivity index (χ3v) is 2.68. The van der Waals surface area contributed by atoms with Gasteiger partial charge in [0.1, 0.15) is 0 Å². The van der Waals surface area contributed by atoms with E-state index in [1.165, 1.54) is 32.1 Å². The molecular weight excluding hydrogens is 134 g/mol. The quantitative estimate of drug-likeness (QED) is 0.604. The Hall–Kier alpha value is -0.0400. The van der Waals surface area contributed by atoms with E-state index in [0.717, 1.165) is 18.5 Å². The predicted octanol–water partition coefficient (Wildman–Crippen LogP) is 2.56. The fourth-order valence-corrected chi connectivity index (χ4v) is 2.08. The van der Waals surface area contributed by atoms with Crippen LogP contribution in [0.5, 0.6) is 0 Å². The average molecular weight is 155 g/mol. The smallest absolute Gasteiger partial charge is 0.00694 e. The highest BCUT2D eigenvalue weighted by Gasteiger charge is 2.15. The Labute approximate surface area is 70.6 Å². The average Bonchev–Trinajstić information content (AvgIpc) is 2.15. The van der Waals surface area contributed by atoms with E-state index in [4.69, 9.17) is 0 Å². The van der Waals surface area contributed by atoms with E-state index in [2.05, 4.69) is 19.2 Å². The van der Waals surface area contributed by atoms with Gasteiger partial charge in [-0.1, -0.05) is 33.1 Å². The number of rotatable bonds is 2. The van der Waals surface area contributed by atoms with E-state index in [-0.39, 0.29) is 0 Å². The molecule has 1 saturated carbocycles. The maximum Gasteiger partial charge on any atom is 0.00694 e. The second-order valence-corrected chi connectivity index (χ2v) is 3.88. The van der Waals surface area contributed by atoms with Crippen molar-refractivity contribution in [3.05, 3.63) is 0 Å². The molecule has 0 aromatic carbocycles. The molecule has 66 valence electrons. The van der Waals surface area contributed by atoms with Gasteiger partial charge in [-0.25, -0.2) is 0 Å². The van der Waals surface area contributed by atoms with Crippen LogP contribution < -0.4 is 5.32 Å². The van der Waals surface area contributed by atoms with E-state index >= 15 is 0 Å². The zero-order valence-electron chi connectivity index (χ0n) is 7.90. The van der Waals surface area contributed by atoms with Gasteiger partial charge in [-0.15, -0.1) is 0 Å². The van der Waals surface area contributed by atoms with Crippen LogP contribution in [-0.4, -0.2) is 12.6 Å². The monoisotopic (exact) mass is 155 g/mol. The molecule has 0 saturated heterocycles. The van der Waals surface area contributed by atoms with E-state index in [1.807, 2.05) is 0 Å². The SMILES string of the molecule is CCNC1CCCCC(C)C1. The molecule has 1 N–H and O–H groups in total. The molecule has 0 aliphatic heterocycles. The van der Waals surface area contributed by atoms with Crippen LogP contribution in [-0.2, 0) is 0 Å². The van der Waals surface area contributed by atoms with Gasteiger partial charge >= 0.3 is 0 Å². The first-order valence-electron chi connectivity index (χ1n) is 5.06. The Bertz CT molecular complexity index is 101. The molecular formula is C10H21N. The normalized spacial score (nSPS) is 33.3. The van der Waals surface area contributed by atoms with Crippen LogP contribution in [0.15, 0.2) is 0 Å². The number of hydrogen-bond acceptors (Lipinski definition) is 1. The minimum Gasteiger partial charge on any atom is -0.314 e. The highest BCUT2D eigenvalue weighted by molar-refractivity contribution is 4.73. The molecule has 0 spiro atoms. The Kier molecular flexibility index (Phi) is 3.92. The van der Waals surface area contributed by atoms with Crippen LogP contribution in [0.3, 0.4) is 0 Å². The maximum atomic E-state index is 3.55. The van der Waals surface area contributed by atoms with Gasteiger partial charge in [0.05, 0.1) is 0 Å². The summed E-state index contributed by atoms with van der Waals surface area (Å²) in [6.45, 7) is 5.72. The standard InChI is InChI=1S/C10H21N/c1-3-11-10-7-5-4-6-9(2)8-10/h9-11H,3-8H2,1-2H3. The maximum absolute atomic E-state index is 3.55. The van der Waals surface area contributed by atoms with Crippen molar-refractivity contribution in [1.29, 1.82) is 0 Å². The summed E-state index contributed by atoms with van der Waals surface area (Å²) in [5.74, 6) is 0.946. The highest BCUT2D eigenvalue weighted by atomic mass is 14.9. The van der Waals surface area contributed by atoms with Gasteiger partial charge < -0.3 is 5.32 Å². The third kappa shape index (κ3) is 3.24. The second kappa shape index (κ2) is 4.76. The van der Waals surface area contributed by atoms with Crippen molar-refractivity contribution in [2.45, 2.75) is 52.0 Å². The number of hydrogen-bond donors (Lipinski definition) is 1. The summed E-state index contributed by atoms with van der Waals surface area (Å²) in [6, 6.07) is 0.817. The molecule has 2 atom stereocenters. The summed E-state index contributed by atoms with van der Waals surface area (Å²) in [4.78, 5) is 0. The molecule has 0 aromatic heterocycles. The van der Waals surface area contributed by atoms with Crippen molar-refractivity contribution in [3.8, 4) is 0 Å². The largest absolute Gasteiger partial charge is 0.314 e. The lowest BCUT2D eigenvalue weighted by Crippen LogP contribution is -2.29. The summed E-state index contributed by atoms with van der Waals surface area (Å²) < 4.78 is 0. The molecule has 1 rings (SSSR count). The summed E-state index contributed by atoms with van der Waals surface area (Å²) in [7, 11) is 0. The Morgan fingerprint density at radius 1 is 1.27 bits per heavy atom. The first-order valence-corrected chi connectivity index (χ1v) is 5.06. The van der Waals surface area contributed by atoms with Crippen LogP contribution in [0.1, 0.15) is 46.0 Å². The van der Waals surface area contributed by atoms with Gasteiger partial charge in [0.15, 0.2) is 0 Å². The molecule has 0 heterocycles. The summed E-state index contributed by atoms with van der Waals surface area (Å²) >= 11 is 0. The summed E-state index contributed by atoms with van der Waals surface area (Å²) in [5.41, 5.74) is 0. The first-order chi connectivity index (χ1) is 5.33. The lowest BCUT2D eigenvalue weighted by Gasteiger charge is -2.17. The topological polar surface area (TPSA) is 12.0 Å². The van der Waals surface area contributed by atoms with Crippen molar-refractivity contribution < 1.29 is 0 Å². The first kappa shape index (κ1) is 9.05. The molecule has 11 heavy (non-hydrogen) atoms. The van der Waals surface area contributed by atoms with Crippen LogP contribution in [0.25, 0.3) is 0 Å². The Morgan fingerprint density at radius 2 is 2.00 bits per heavy atom. The van der Waals surface area contributed by atoms with E-state index in [0.29, 0.717) is 0 Å². The van der Waals surface area contributed by atoms with Gasteiger partial charge in [0.2, 0.25) is 0 Å². The van der Waals surface area contributed by atoms with Crippen molar-refractivity contribution in [3.63, 3.8) is 0 Å². The summed E-state index contributed by atoms with van der Waals surface area (Å²) in [5, 5.41) is 3.55. The lowest BCUT2D eigenvalue weighted by atomic mass is 10.0. The van der Waals surface area contributed by atoms with Crippen LogP contribution in [0, 0.1) is 5.92 Å². The molecule has 1 heteroatoms. The fraction of sp³-hybridized carbons (Fsp3) is 1.00. The van der Waals surface area contributed by atoms with Crippen molar-refractivity contribution in [2.24, 2.45) is 5.92 Å². The molecule has 0 aromatic rings. The molecule has 0 radical (unpaired) electrons. The zero-order chi connectivity index (χ0) is 8.10. The fourth-order valence-electron chi connectivity index (χ4n) is 2.08. The van der Waals surface area contributed by atoms with Crippen molar-refractivity contribution in [1.82, 2.24) is 5.32 Å². The molecule has 2 unspecified atom stereocenters. The molecule has 1 nitrogen and oxygen atoms in total. The van der Waals surface area contributed by atoms with Crippen molar-refractivity contribution in [2.75, 3.05) is 6.54 Å². The minimum atomic E-state index is 0.817. The highest BCUT2D eigenvalue weighted by Crippen LogP contribution is 2.22. The van der Waals surface area contributed by atoms with E-state index in [1.54, 1.807) is 0 Å². The van der Waals surface area contributed by atoms with Gasteiger partial charge in [0.25, 0.3) is 0 Å². The van der Waals surface area contributed by atoms with E-state index in [9.17, 15) is 0 Å². The van der Waals surface area contributed by atoms with Crippen LogP contribution in [0.4, 0.5) is 0 Å². The molecule has 0 bridgehead atoms. The van der Waals surface area contributed by atoms with Gasteiger partial charge in [-0.3, -0.25) is 0 Å². The molecule has 1 aliphatic carbocycles. The van der Waals surface area contributed by atoms with E-state index < -0.39 is 0 Å². The van der Waals surface area contributed by atoms with Crippen LogP contribution >= 0.6 is 0 Å². The Balaban J connectivity index is 2.27. The third-order valence-electron chi connectivity index (χ3n) is 2.68. The molecule has 1 fully saturated rings. The number of nitrogens with one attached hydrogen (secondary N) is 1. The van der Waals surface area contributed by atoms with Gasteiger partial charge in [0, 0.05) is 6.04 Å². The minimum absolute atomic E-state index is 0.817. The van der Waals surface area contributed by atoms with Crippen molar-refractivity contribution >= 4 is 0 Å². The lowest BCUT2D eigenvalue weighted by molar-refractivity contribution is 0.413. The molecule has 1 aliphatic rings. The van der Waals surface area contributed by atoms with Crippen LogP contribution in [0.2, 0.25) is 0 Å². The predicted molar refractivity (Wildman–Crippen MR) is 49.7 cm³/mol. The second-order valence-electron chi connectivity index (χ2n) is 3.88. The molecule has 0 amide bonds. The Morgan fingerprint density at radius 3 is 2.73 bits per heavy atom. The van der Waals surface area contributed by atoms with Gasteiger partial charge in [-0.2, -0.15) is 0 Å².